The molecule has 1 aliphatic heterocycles. The Morgan fingerprint density at radius 2 is 1.83 bits per heavy atom. The Kier molecular flexibility index (Phi) is 4.28. The van der Waals surface area contributed by atoms with Crippen LogP contribution in [0.1, 0.15) is 49.3 Å². The first-order valence-electron chi connectivity index (χ1n) is 7.94. The highest BCUT2D eigenvalue weighted by atomic mass is 16.5. The van der Waals surface area contributed by atoms with Crippen molar-refractivity contribution in [3.63, 3.8) is 0 Å². The first kappa shape index (κ1) is 15.5. The van der Waals surface area contributed by atoms with Crippen LogP contribution in [0.15, 0.2) is 36.4 Å². The molecule has 0 N–H and O–H groups in total. The topological polar surface area (TPSA) is 63.7 Å². The maximum Gasteiger partial charge on any atom is 0.313 e. The van der Waals surface area contributed by atoms with Crippen LogP contribution in [0.4, 0.5) is 0 Å². The zero-order valence-electron chi connectivity index (χ0n) is 13.0. The molecule has 1 heterocycles. The van der Waals surface area contributed by atoms with E-state index in [1.165, 1.54) is 17.1 Å². The van der Waals surface area contributed by atoms with E-state index in [-0.39, 0.29) is 17.8 Å². The third-order valence-electron chi connectivity index (χ3n) is 4.37. The average molecular weight is 313 g/mol. The van der Waals surface area contributed by atoms with E-state index < -0.39 is 12.0 Å². The van der Waals surface area contributed by atoms with Gasteiger partial charge in [0.1, 0.15) is 0 Å². The molecule has 3 rings (SSSR count). The minimum Gasteiger partial charge on any atom is -0.465 e. The number of esters is 1. The number of hydrogen-bond acceptors (Lipinski definition) is 4. The molecule has 1 aliphatic carbocycles. The smallest absolute Gasteiger partial charge is 0.313 e. The second-order valence-corrected chi connectivity index (χ2v) is 5.83. The molecule has 2 aliphatic rings. The van der Waals surface area contributed by atoms with Crippen molar-refractivity contribution in [2.24, 2.45) is 0 Å². The van der Waals surface area contributed by atoms with Crippen molar-refractivity contribution in [1.29, 1.82) is 0 Å². The van der Waals surface area contributed by atoms with Gasteiger partial charge in [-0.15, -0.1) is 0 Å². The standard InChI is InChI=1S/C18H19NO4/c1-2-3-10-23-18(22)14-11-15(13-7-5-4-6-12(13)14)19-16(20)8-9-17(19)21/h4-9,14-15H,2-3,10-11H2,1H3/t14-,15-/m0/s1. The number of nitrogens with zero attached hydrogens (tertiary/aromatic N) is 1. The lowest BCUT2D eigenvalue weighted by molar-refractivity contribution is -0.147. The van der Waals surface area contributed by atoms with Gasteiger partial charge in [0.15, 0.2) is 0 Å². The molecule has 0 fully saturated rings. The minimum absolute atomic E-state index is 0.277. The Morgan fingerprint density at radius 1 is 1.17 bits per heavy atom. The van der Waals surface area contributed by atoms with Crippen LogP contribution in [0.25, 0.3) is 0 Å². The number of ether oxygens (including phenoxy) is 1. The van der Waals surface area contributed by atoms with Gasteiger partial charge in [0.05, 0.1) is 18.6 Å². The average Bonchev–Trinajstić information content (AvgIpc) is 3.08. The summed E-state index contributed by atoms with van der Waals surface area (Å²) >= 11 is 0. The number of carbonyl (C=O) groups excluding carboxylic acids is 3. The lowest BCUT2D eigenvalue weighted by atomic mass is 10.0. The van der Waals surface area contributed by atoms with E-state index in [2.05, 4.69) is 0 Å². The summed E-state index contributed by atoms with van der Waals surface area (Å²) < 4.78 is 5.34. The quantitative estimate of drug-likeness (QED) is 0.476. The third kappa shape index (κ3) is 2.79. The van der Waals surface area contributed by atoms with Gasteiger partial charge >= 0.3 is 5.97 Å². The Balaban J connectivity index is 1.84. The number of carbonyl (C=O) groups is 3. The van der Waals surface area contributed by atoms with Crippen molar-refractivity contribution < 1.29 is 19.1 Å². The number of rotatable bonds is 5. The van der Waals surface area contributed by atoms with Gasteiger partial charge in [-0.3, -0.25) is 19.3 Å². The van der Waals surface area contributed by atoms with Crippen LogP contribution >= 0.6 is 0 Å². The first-order chi connectivity index (χ1) is 11.1. The van der Waals surface area contributed by atoms with Crippen LogP contribution in [0, 0.1) is 0 Å². The molecule has 0 saturated heterocycles. The molecule has 5 nitrogen and oxygen atoms in total. The van der Waals surface area contributed by atoms with E-state index in [1.54, 1.807) is 0 Å². The molecule has 0 spiro atoms. The monoisotopic (exact) mass is 313 g/mol. The number of amides is 2. The van der Waals surface area contributed by atoms with E-state index in [0.717, 1.165) is 24.0 Å². The number of imide groups is 1. The highest BCUT2D eigenvalue weighted by molar-refractivity contribution is 6.13. The molecular weight excluding hydrogens is 294 g/mol. The lowest BCUT2D eigenvalue weighted by Crippen LogP contribution is -2.33. The lowest BCUT2D eigenvalue weighted by Gasteiger charge is -2.23. The second kappa shape index (κ2) is 6.36. The number of benzene rings is 1. The van der Waals surface area contributed by atoms with E-state index in [4.69, 9.17) is 4.74 Å². The van der Waals surface area contributed by atoms with Gasteiger partial charge in [-0.05, 0) is 24.0 Å². The van der Waals surface area contributed by atoms with Gasteiger partial charge in [0, 0.05) is 12.2 Å². The molecule has 1 aromatic carbocycles. The van der Waals surface area contributed by atoms with Gasteiger partial charge in [0.25, 0.3) is 11.8 Å². The summed E-state index contributed by atoms with van der Waals surface area (Å²) in [4.78, 5) is 37.6. The zero-order chi connectivity index (χ0) is 16.4. The predicted octanol–water partition coefficient (Wildman–Crippen LogP) is 2.48. The van der Waals surface area contributed by atoms with Crippen LogP contribution in [-0.2, 0) is 19.1 Å². The minimum atomic E-state index is -0.422. The Bertz CT molecular complexity index is 661. The maximum absolute atomic E-state index is 12.4. The zero-order valence-corrected chi connectivity index (χ0v) is 13.0. The van der Waals surface area contributed by atoms with Gasteiger partial charge in [-0.2, -0.15) is 0 Å². The van der Waals surface area contributed by atoms with Crippen LogP contribution in [0.5, 0.6) is 0 Å². The van der Waals surface area contributed by atoms with Crippen LogP contribution < -0.4 is 0 Å². The summed E-state index contributed by atoms with van der Waals surface area (Å²) in [5.74, 6) is -1.35. The molecular formula is C18H19NO4. The summed E-state index contributed by atoms with van der Waals surface area (Å²) in [5, 5.41) is 0. The molecule has 5 heteroatoms. The van der Waals surface area contributed by atoms with E-state index in [9.17, 15) is 14.4 Å². The first-order valence-corrected chi connectivity index (χ1v) is 7.94. The van der Waals surface area contributed by atoms with Crippen molar-refractivity contribution >= 4 is 17.8 Å². The van der Waals surface area contributed by atoms with E-state index >= 15 is 0 Å². The van der Waals surface area contributed by atoms with Gasteiger partial charge in [-0.1, -0.05) is 37.6 Å². The van der Waals surface area contributed by atoms with Gasteiger partial charge in [0.2, 0.25) is 0 Å². The SMILES string of the molecule is CCCCOC(=O)[C@H]1C[C@H](N2C(=O)C=CC2=O)c2ccccc21. The fourth-order valence-corrected chi connectivity index (χ4v) is 3.21. The molecule has 2 amide bonds. The Labute approximate surface area is 134 Å². The summed E-state index contributed by atoms with van der Waals surface area (Å²) in [7, 11) is 0. The number of unbranched alkanes of at least 4 members (excludes halogenated alkanes) is 1. The maximum atomic E-state index is 12.4. The normalized spacial score (nSPS) is 22.6. The fourth-order valence-electron chi connectivity index (χ4n) is 3.21. The summed E-state index contributed by atoms with van der Waals surface area (Å²) in [6, 6.07) is 7.07. The van der Waals surface area contributed by atoms with Crippen molar-refractivity contribution in [2.75, 3.05) is 6.61 Å². The largest absolute Gasteiger partial charge is 0.465 e. The van der Waals surface area contributed by atoms with Crippen molar-refractivity contribution in [3.05, 3.63) is 47.5 Å². The molecule has 0 saturated carbocycles. The van der Waals surface area contributed by atoms with Crippen LogP contribution in [-0.4, -0.2) is 29.3 Å². The molecule has 2 atom stereocenters. The summed E-state index contributed by atoms with van der Waals surface area (Å²) in [6.45, 7) is 2.44. The van der Waals surface area contributed by atoms with Gasteiger partial charge in [-0.25, -0.2) is 0 Å². The fraction of sp³-hybridized carbons (Fsp3) is 0.389. The van der Waals surface area contributed by atoms with Crippen molar-refractivity contribution in [2.45, 2.75) is 38.1 Å². The summed E-state index contributed by atoms with van der Waals surface area (Å²) in [5.41, 5.74) is 1.71. The number of hydrogen-bond donors (Lipinski definition) is 0. The molecule has 0 aromatic heterocycles. The van der Waals surface area contributed by atoms with Crippen molar-refractivity contribution in [3.8, 4) is 0 Å². The molecule has 0 bridgehead atoms. The van der Waals surface area contributed by atoms with E-state index in [0.29, 0.717) is 13.0 Å². The molecule has 1 aromatic rings. The summed E-state index contributed by atoms with van der Waals surface area (Å²) in [6.07, 6.45) is 4.73. The molecule has 23 heavy (non-hydrogen) atoms. The van der Waals surface area contributed by atoms with Crippen molar-refractivity contribution in [1.82, 2.24) is 4.90 Å². The van der Waals surface area contributed by atoms with Gasteiger partial charge < -0.3 is 4.74 Å². The second-order valence-electron chi connectivity index (χ2n) is 5.83. The Morgan fingerprint density at radius 3 is 2.48 bits per heavy atom. The third-order valence-corrected chi connectivity index (χ3v) is 4.37. The highest BCUT2D eigenvalue weighted by Gasteiger charge is 2.43. The van der Waals surface area contributed by atoms with Crippen LogP contribution in [0.3, 0.4) is 0 Å². The number of fused-ring (bicyclic) bond motifs is 1. The Hall–Kier alpha value is -2.43. The van der Waals surface area contributed by atoms with Crippen LogP contribution in [0.2, 0.25) is 0 Å². The van der Waals surface area contributed by atoms with E-state index in [1.807, 2.05) is 31.2 Å². The predicted molar refractivity (Wildman–Crippen MR) is 83.4 cm³/mol. The highest BCUT2D eigenvalue weighted by Crippen LogP contribution is 2.44. The molecule has 120 valence electrons. The molecule has 0 radical (unpaired) electrons. The molecule has 0 unspecified atom stereocenters.